The smallest absolute Gasteiger partial charge is 0.160 e. The fraction of sp³-hybridized carbons (Fsp3) is 0.133. The van der Waals surface area contributed by atoms with Crippen LogP contribution in [0.3, 0.4) is 0 Å². The number of ketones is 1. The summed E-state index contributed by atoms with van der Waals surface area (Å²) in [7, 11) is 0. The molecule has 2 rings (SSSR count). The molecule has 0 aromatic heterocycles. The number of halogens is 1. The maximum Gasteiger partial charge on any atom is 0.160 e. The third-order valence-corrected chi connectivity index (χ3v) is 2.76. The summed E-state index contributed by atoms with van der Waals surface area (Å²) in [5, 5.41) is 0. The lowest BCUT2D eigenvalue weighted by Crippen LogP contribution is -1.95. The van der Waals surface area contributed by atoms with E-state index in [9.17, 15) is 9.18 Å². The zero-order valence-electron chi connectivity index (χ0n) is 9.83. The fourth-order valence-corrected chi connectivity index (χ4v) is 1.91. The van der Waals surface area contributed by atoms with E-state index in [4.69, 9.17) is 0 Å². The molecule has 2 aromatic rings. The van der Waals surface area contributed by atoms with Gasteiger partial charge in [-0.2, -0.15) is 0 Å². The van der Waals surface area contributed by atoms with E-state index < -0.39 is 0 Å². The second-order valence-electron chi connectivity index (χ2n) is 4.10. The molecule has 0 amide bonds. The van der Waals surface area contributed by atoms with Crippen molar-refractivity contribution in [3.05, 3.63) is 59.4 Å². The lowest BCUT2D eigenvalue weighted by atomic mass is 9.98. The molecule has 0 saturated heterocycles. The van der Waals surface area contributed by atoms with Crippen LogP contribution < -0.4 is 0 Å². The summed E-state index contributed by atoms with van der Waals surface area (Å²) in [4.78, 5) is 11.3. The Morgan fingerprint density at radius 1 is 1.06 bits per heavy atom. The van der Waals surface area contributed by atoms with Crippen LogP contribution in [0.5, 0.6) is 0 Å². The van der Waals surface area contributed by atoms with Crippen molar-refractivity contribution in [1.82, 2.24) is 0 Å². The third kappa shape index (κ3) is 2.41. The van der Waals surface area contributed by atoms with Gasteiger partial charge in [-0.3, -0.25) is 4.79 Å². The van der Waals surface area contributed by atoms with E-state index in [0.717, 1.165) is 16.7 Å². The van der Waals surface area contributed by atoms with E-state index in [-0.39, 0.29) is 11.6 Å². The van der Waals surface area contributed by atoms with E-state index in [1.165, 1.54) is 12.1 Å². The van der Waals surface area contributed by atoms with E-state index in [1.54, 1.807) is 19.1 Å². The molecule has 0 spiro atoms. The number of Topliss-reactive ketones (excluding diaryl/α,β-unsaturated/α-hetero) is 1. The molecule has 0 bridgehead atoms. The second kappa shape index (κ2) is 4.50. The van der Waals surface area contributed by atoms with Crippen molar-refractivity contribution < 1.29 is 9.18 Å². The molecule has 0 N–H and O–H groups in total. The van der Waals surface area contributed by atoms with Gasteiger partial charge in [0, 0.05) is 5.56 Å². The first kappa shape index (κ1) is 11.5. The summed E-state index contributed by atoms with van der Waals surface area (Å²) in [6.45, 7) is 3.43. The van der Waals surface area contributed by atoms with E-state index >= 15 is 0 Å². The summed E-state index contributed by atoms with van der Waals surface area (Å²) in [5.74, 6) is -0.205. The number of hydrogen-bond donors (Lipinski definition) is 0. The highest BCUT2D eigenvalue weighted by Gasteiger charge is 2.06. The number of hydrogen-bond acceptors (Lipinski definition) is 1. The minimum Gasteiger partial charge on any atom is -0.295 e. The maximum atomic E-state index is 13.1. The molecule has 0 unspecified atom stereocenters. The first-order valence-electron chi connectivity index (χ1n) is 5.45. The standard InChI is InChI=1S/C15H13FO/c1-10-8-13(6-7-15(10)11(2)17)12-4-3-5-14(16)9-12/h3-9H,1-2H3. The van der Waals surface area contributed by atoms with Gasteiger partial charge in [-0.05, 0) is 42.7 Å². The minimum absolute atomic E-state index is 0.0493. The summed E-state index contributed by atoms with van der Waals surface area (Å²) in [5.41, 5.74) is 3.37. The summed E-state index contributed by atoms with van der Waals surface area (Å²) in [6, 6.07) is 12.0. The van der Waals surface area contributed by atoms with E-state index in [0.29, 0.717) is 5.56 Å². The van der Waals surface area contributed by atoms with Gasteiger partial charge < -0.3 is 0 Å². The highest BCUT2D eigenvalue weighted by Crippen LogP contribution is 2.23. The van der Waals surface area contributed by atoms with Gasteiger partial charge in [-0.25, -0.2) is 4.39 Å². The Morgan fingerprint density at radius 2 is 1.76 bits per heavy atom. The first-order chi connectivity index (χ1) is 8.08. The van der Waals surface area contributed by atoms with Crippen molar-refractivity contribution in [2.24, 2.45) is 0 Å². The molecule has 17 heavy (non-hydrogen) atoms. The Morgan fingerprint density at radius 3 is 2.35 bits per heavy atom. The number of carbonyl (C=O) groups excluding carboxylic acids is 1. The predicted octanol–water partition coefficient (Wildman–Crippen LogP) is 4.00. The lowest BCUT2D eigenvalue weighted by Gasteiger charge is -2.06. The van der Waals surface area contributed by atoms with Crippen molar-refractivity contribution in [1.29, 1.82) is 0 Å². The average Bonchev–Trinajstić information content (AvgIpc) is 2.28. The molecule has 0 aliphatic carbocycles. The molecule has 86 valence electrons. The Bertz CT molecular complexity index is 573. The quantitative estimate of drug-likeness (QED) is 0.710. The molecule has 0 fully saturated rings. The van der Waals surface area contributed by atoms with Crippen LogP contribution in [0.4, 0.5) is 4.39 Å². The first-order valence-corrected chi connectivity index (χ1v) is 5.45. The highest BCUT2D eigenvalue weighted by molar-refractivity contribution is 5.96. The predicted molar refractivity (Wildman–Crippen MR) is 66.6 cm³/mol. The summed E-state index contributed by atoms with van der Waals surface area (Å²) in [6.07, 6.45) is 0. The van der Waals surface area contributed by atoms with Crippen molar-refractivity contribution >= 4 is 5.78 Å². The normalized spacial score (nSPS) is 10.3. The molecule has 0 heterocycles. The molecule has 0 atom stereocenters. The Balaban J connectivity index is 2.48. The van der Waals surface area contributed by atoms with Crippen LogP contribution in [0.2, 0.25) is 0 Å². The van der Waals surface area contributed by atoms with Crippen molar-refractivity contribution in [3.8, 4) is 11.1 Å². The molecule has 0 saturated carbocycles. The molecule has 2 aromatic carbocycles. The zero-order chi connectivity index (χ0) is 12.4. The number of aryl methyl sites for hydroxylation is 1. The van der Waals surface area contributed by atoms with Gasteiger partial charge in [-0.1, -0.05) is 30.3 Å². The molecular formula is C15H13FO. The van der Waals surface area contributed by atoms with Gasteiger partial charge in [0.1, 0.15) is 5.82 Å². The van der Waals surface area contributed by atoms with E-state index in [2.05, 4.69) is 0 Å². The second-order valence-corrected chi connectivity index (χ2v) is 4.10. The SMILES string of the molecule is CC(=O)c1ccc(-c2cccc(F)c2)cc1C. The van der Waals surface area contributed by atoms with Gasteiger partial charge >= 0.3 is 0 Å². The van der Waals surface area contributed by atoms with Crippen LogP contribution in [0.15, 0.2) is 42.5 Å². The van der Waals surface area contributed by atoms with Gasteiger partial charge in [-0.15, -0.1) is 0 Å². The van der Waals surface area contributed by atoms with Crippen molar-refractivity contribution in [2.45, 2.75) is 13.8 Å². The van der Waals surface area contributed by atoms with Crippen molar-refractivity contribution in [3.63, 3.8) is 0 Å². The number of carbonyl (C=O) groups is 1. The molecule has 2 heteroatoms. The highest BCUT2D eigenvalue weighted by atomic mass is 19.1. The topological polar surface area (TPSA) is 17.1 Å². The summed E-state index contributed by atoms with van der Waals surface area (Å²) >= 11 is 0. The molecule has 1 nitrogen and oxygen atoms in total. The Kier molecular flexibility index (Phi) is 3.05. The monoisotopic (exact) mass is 228 g/mol. The Labute approximate surface area is 99.9 Å². The summed E-state index contributed by atoms with van der Waals surface area (Å²) < 4.78 is 13.1. The average molecular weight is 228 g/mol. The largest absolute Gasteiger partial charge is 0.295 e. The van der Waals surface area contributed by atoms with Crippen LogP contribution in [-0.4, -0.2) is 5.78 Å². The molecule has 0 aliphatic rings. The molecule has 0 radical (unpaired) electrons. The fourth-order valence-electron chi connectivity index (χ4n) is 1.91. The van der Waals surface area contributed by atoms with Crippen LogP contribution in [-0.2, 0) is 0 Å². The lowest BCUT2D eigenvalue weighted by molar-refractivity contribution is 0.101. The van der Waals surface area contributed by atoms with Gasteiger partial charge in [0.15, 0.2) is 5.78 Å². The van der Waals surface area contributed by atoms with Gasteiger partial charge in [0.05, 0.1) is 0 Å². The maximum absolute atomic E-state index is 13.1. The zero-order valence-corrected chi connectivity index (χ0v) is 9.83. The Hall–Kier alpha value is -1.96. The van der Waals surface area contributed by atoms with Crippen LogP contribution in [0.1, 0.15) is 22.8 Å². The number of benzene rings is 2. The van der Waals surface area contributed by atoms with Gasteiger partial charge in [0.2, 0.25) is 0 Å². The van der Waals surface area contributed by atoms with Crippen LogP contribution >= 0.6 is 0 Å². The molecular weight excluding hydrogens is 215 g/mol. The van der Waals surface area contributed by atoms with Crippen LogP contribution in [0, 0.1) is 12.7 Å². The molecule has 0 aliphatic heterocycles. The van der Waals surface area contributed by atoms with Crippen LogP contribution in [0.25, 0.3) is 11.1 Å². The van der Waals surface area contributed by atoms with E-state index in [1.807, 2.05) is 25.1 Å². The van der Waals surface area contributed by atoms with Gasteiger partial charge in [0.25, 0.3) is 0 Å². The van der Waals surface area contributed by atoms with Crippen molar-refractivity contribution in [2.75, 3.05) is 0 Å². The number of rotatable bonds is 2. The minimum atomic E-state index is -0.254. The third-order valence-electron chi connectivity index (χ3n) is 2.76.